The molecule has 0 fully saturated rings. The molecule has 2 aromatic carbocycles. The lowest BCUT2D eigenvalue weighted by atomic mass is 10.0. The second-order valence-electron chi connectivity index (χ2n) is 7.94. The number of carbonyl (C=O) groups excluding carboxylic acids is 2. The van der Waals surface area contributed by atoms with Gasteiger partial charge in [-0.15, -0.1) is 0 Å². The predicted molar refractivity (Wildman–Crippen MR) is 123 cm³/mol. The van der Waals surface area contributed by atoms with Crippen LogP contribution in [-0.2, 0) is 12.8 Å². The summed E-state index contributed by atoms with van der Waals surface area (Å²) >= 11 is 0. The van der Waals surface area contributed by atoms with Crippen LogP contribution in [0.25, 0.3) is 0 Å². The van der Waals surface area contributed by atoms with E-state index in [0.717, 1.165) is 23.3 Å². The summed E-state index contributed by atoms with van der Waals surface area (Å²) in [6.45, 7) is 1.11. The van der Waals surface area contributed by atoms with Crippen molar-refractivity contribution in [1.82, 2.24) is 15.2 Å². The molecule has 4 rings (SSSR count). The number of fused-ring (bicyclic) bond motifs is 1. The van der Waals surface area contributed by atoms with Crippen molar-refractivity contribution in [2.45, 2.75) is 25.3 Å². The first-order chi connectivity index (χ1) is 15.6. The van der Waals surface area contributed by atoms with Crippen LogP contribution in [-0.4, -0.2) is 47.9 Å². The van der Waals surface area contributed by atoms with E-state index in [0.29, 0.717) is 37.3 Å². The Balaban J connectivity index is 1.45. The lowest BCUT2D eigenvalue weighted by molar-refractivity contribution is 0.0722. The van der Waals surface area contributed by atoms with Gasteiger partial charge >= 0.3 is 0 Å². The van der Waals surface area contributed by atoms with Crippen LogP contribution in [0, 0.1) is 0 Å². The first-order valence-corrected chi connectivity index (χ1v) is 10.9. The molecule has 0 saturated carbocycles. The number of nitrogens with one attached hydrogen (secondary N) is 1. The Morgan fingerprint density at radius 3 is 2.69 bits per heavy atom. The number of amides is 2. The third kappa shape index (κ3) is 5.14. The molecule has 1 N–H and O–H groups in total. The van der Waals surface area contributed by atoms with Gasteiger partial charge in [-0.2, -0.15) is 0 Å². The van der Waals surface area contributed by atoms with Gasteiger partial charge in [-0.25, -0.2) is 0 Å². The summed E-state index contributed by atoms with van der Waals surface area (Å²) in [7, 11) is 1.83. The van der Waals surface area contributed by atoms with Gasteiger partial charge in [0.15, 0.2) is 0 Å². The van der Waals surface area contributed by atoms with E-state index in [2.05, 4.69) is 22.4 Å². The monoisotopic (exact) mass is 429 g/mol. The second-order valence-corrected chi connectivity index (χ2v) is 7.94. The van der Waals surface area contributed by atoms with Crippen LogP contribution in [0.5, 0.6) is 5.75 Å². The first kappa shape index (κ1) is 21.6. The Morgan fingerprint density at radius 1 is 1.09 bits per heavy atom. The largest absolute Gasteiger partial charge is 0.493 e. The van der Waals surface area contributed by atoms with Gasteiger partial charge in [0.2, 0.25) is 0 Å². The molecule has 0 spiro atoms. The van der Waals surface area contributed by atoms with Gasteiger partial charge in [-0.05, 0) is 54.3 Å². The highest BCUT2D eigenvalue weighted by Gasteiger charge is 2.23. The van der Waals surface area contributed by atoms with Crippen molar-refractivity contribution in [2.24, 2.45) is 0 Å². The fourth-order valence-electron chi connectivity index (χ4n) is 3.95. The lowest BCUT2D eigenvalue weighted by Gasteiger charge is -2.29. The molecule has 1 atom stereocenters. The number of carbonyl (C=O) groups is 2. The van der Waals surface area contributed by atoms with Crippen molar-refractivity contribution in [2.75, 3.05) is 20.2 Å². The molecule has 164 valence electrons. The molecule has 2 heterocycles. The van der Waals surface area contributed by atoms with E-state index in [1.165, 1.54) is 0 Å². The number of benzene rings is 2. The normalized spacial score (nSPS) is 13.0. The van der Waals surface area contributed by atoms with Crippen LogP contribution in [0.15, 0.2) is 72.9 Å². The molecule has 0 unspecified atom stereocenters. The molecule has 2 amide bonds. The van der Waals surface area contributed by atoms with Gasteiger partial charge < -0.3 is 15.0 Å². The molecule has 3 aromatic rings. The molecule has 0 radical (unpaired) electrons. The molecule has 32 heavy (non-hydrogen) atoms. The molecule has 1 aromatic heterocycles. The summed E-state index contributed by atoms with van der Waals surface area (Å²) < 4.78 is 5.56. The number of hydrogen-bond donors (Lipinski definition) is 1. The Morgan fingerprint density at radius 2 is 1.91 bits per heavy atom. The Hall–Kier alpha value is -3.67. The minimum Gasteiger partial charge on any atom is -0.493 e. The first-order valence-electron chi connectivity index (χ1n) is 10.9. The van der Waals surface area contributed by atoms with Crippen molar-refractivity contribution in [1.29, 1.82) is 0 Å². The summed E-state index contributed by atoms with van der Waals surface area (Å²) in [6, 6.07) is 20.9. The minimum atomic E-state index is -0.211. The maximum absolute atomic E-state index is 13.3. The van der Waals surface area contributed by atoms with Crippen molar-refractivity contribution in [3.05, 3.63) is 95.3 Å². The van der Waals surface area contributed by atoms with E-state index in [1.807, 2.05) is 43.4 Å². The molecular formula is C26H27N3O3. The maximum atomic E-state index is 13.3. The summed E-state index contributed by atoms with van der Waals surface area (Å²) in [5, 5.41) is 2.93. The molecule has 0 saturated heterocycles. The number of ether oxygens (including phenoxy) is 1. The summed E-state index contributed by atoms with van der Waals surface area (Å²) in [6.07, 6.45) is 3.76. The number of rotatable bonds is 8. The smallest absolute Gasteiger partial charge is 0.269 e. The Bertz CT molecular complexity index is 1070. The zero-order chi connectivity index (χ0) is 22.3. The summed E-state index contributed by atoms with van der Waals surface area (Å²) in [4.78, 5) is 31.5. The number of nitrogens with zero attached hydrogens (tertiary/aromatic N) is 2. The number of aromatic nitrogens is 1. The minimum absolute atomic E-state index is 0.0308. The van der Waals surface area contributed by atoms with Gasteiger partial charge in [0.05, 0.1) is 6.61 Å². The quantitative estimate of drug-likeness (QED) is 0.595. The fraction of sp³-hybridized carbons (Fsp3) is 0.269. The third-order valence-corrected chi connectivity index (χ3v) is 5.78. The van der Waals surface area contributed by atoms with E-state index in [-0.39, 0.29) is 17.9 Å². The van der Waals surface area contributed by atoms with Gasteiger partial charge in [-0.3, -0.25) is 14.6 Å². The average molecular weight is 430 g/mol. The highest BCUT2D eigenvalue weighted by Crippen LogP contribution is 2.26. The summed E-state index contributed by atoms with van der Waals surface area (Å²) in [5.41, 5.74) is 3.27. The number of pyridine rings is 1. The molecule has 6 nitrogen and oxygen atoms in total. The van der Waals surface area contributed by atoms with Gasteiger partial charge in [0.1, 0.15) is 11.4 Å². The third-order valence-electron chi connectivity index (χ3n) is 5.78. The van der Waals surface area contributed by atoms with Crippen LogP contribution in [0.3, 0.4) is 0 Å². The van der Waals surface area contributed by atoms with Crippen LogP contribution in [0.4, 0.5) is 0 Å². The zero-order valence-corrected chi connectivity index (χ0v) is 18.2. The van der Waals surface area contributed by atoms with Crippen LogP contribution < -0.4 is 10.1 Å². The molecule has 1 aliphatic heterocycles. The highest BCUT2D eigenvalue weighted by atomic mass is 16.5. The Labute approximate surface area is 188 Å². The van der Waals surface area contributed by atoms with Crippen molar-refractivity contribution >= 4 is 11.8 Å². The number of hydrogen-bond acceptors (Lipinski definition) is 4. The van der Waals surface area contributed by atoms with E-state index >= 15 is 0 Å². The second kappa shape index (κ2) is 10.1. The van der Waals surface area contributed by atoms with E-state index in [4.69, 9.17) is 4.74 Å². The summed E-state index contributed by atoms with van der Waals surface area (Å²) in [5.74, 6) is 0.621. The van der Waals surface area contributed by atoms with Crippen molar-refractivity contribution in [3.8, 4) is 5.75 Å². The molecule has 1 aliphatic rings. The maximum Gasteiger partial charge on any atom is 0.269 e. The topological polar surface area (TPSA) is 71.5 Å². The predicted octanol–water partition coefficient (Wildman–Crippen LogP) is 3.52. The zero-order valence-electron chi connectivity index (χ0n) is 18.2. The molecular weight excluding hydrogens is 402 g/mol. The number of likely N-dealkylation sites (N-methyl/N-ethyl adjacent to an activating group) is 1. The van der Waals surface area contributed by atoms with Crippen LogP contribution in [0.1, 0.15) is 38.4 Å². The molecule has 6 heteroatoms. The van der Waals surface area contributed by atoms with E-state index < -0.39 is 0 Å². The van der Waals surface area contributed by atoms with Crippen molar-refractivity contribution in [3.63, 3.8) is 0 Å². The van der Waals surface area contributed by atoms with Crippen LogP contribution in [0.2, 0.25) is 0 Å². The lowest BCUT2D eigenvalue weighted by Crippen LogP contribution is -2.41. The van der Waals surface area contributed by atoms with Gasteiger partial charge in [0, 0.05) is 37.8 Å². The Kier molecular flexibility index (Phi) is 6.80. The van der Waals surface area contributed by atoms with E-state index in [9.17, 15) is 9.59 Å². The van der Waals surface area contributed by atoms with Crippen LogP contribution >= 0.6 is 0 Å². The standard InChI is InChI=1S/C26H27N3O3/c1-29(26(31)21-10-11-24-20(18-21)13-16-32-24)22(17-19-7-3-2-4-8-19)12-15-28-25(30)23-9-5-6-14-27-23/h2-11,14,18,22H,12-13,15-17H2,1H3,(H,28,30)/t22-/m1/s1. The molecule has 0 aliphatic carbocycles. The average Bonchev–Trinajstić information content (AvgIpc) is 3.31. The fourth-order valence-corrected chi connectivity index (χ4v) is 3.95. The van der Waals surface area contributed by atoms with Gasteiger partial charge in [-0.1, -0.05) is 36.4 Å². The highest BCUT2D eigenvalue weighted by molar-refractivity contribution is 5.95. The van der Waals surface area contributed by atoms with E-state index in [1.54, 1.807) is 29.3 Å². The van der Waals surface area contributed by atoms with Crippen molar-refractivity contribution < 1.29 is 14.3 Å². The van der Waals surface area contributed by atoms with Gasteiger partial charge in [0.25, 0.3) is 11.8 Å². The SMILES string of the molecule is CN(C(=O)c1ccc2c(c1)CCO2)[C@H](CCNC(=O)c1ccccn1)Cc1ccccc1. The molecule has 0 bridgehead atoms.